The van der Waals surface area contributed by atoms with Gasteiger partial charge in [0, 0.05) is 16.7 Å². The molecule has 0 atom stereocenters. The lowest BCUT2D eigenvalue weighted by Crippen LogP contribution is -2.31. The van der Waals surface area contributed by atoms with Crippen LogP contribution in [0.5, 0.6) is 17.2 Å². The molecule has 12 heteroatoms. The Morgan fingerprint density at radius 2 is 1.61 bits per heavy atom. The zero-order valence-electron chi connectivity index (χ0n) is 19.9. The second-order valence-electron chi connectivity index (χ2n) is 7.70. The second-order valence-corrected chi connectivity index (χ2v) is 7.70. The highest BCUT2D eigenvalue weighted by Crippen LogP contribution is 2.26. The summed E-state index contributed by atoms with van der Waals surface area (Å²) in [7, 11) is 1.44. The predicted molar refractivity (Wildman–Crippen MR) is 130 cm³/mol. The number of alkyl halides is 3. The first-order valence-electron chi connectivity index (χ1n) is 11.0. The van der Waals surface area contributed by atoms with Crippen molar-refractivity contribution in [2.45, 2.75) is 6.18 Å². The zero-order valence-corrected chi connectivity index (χ0v) is 19.9. The van der Waals surface area contributed by atoms with Gasteiger partial charge in [-0.25, -0.2) is 4.79 Å². The summed E-state index contributed by atoms with van der Waals surface area (Å²) in [6.07, 6.45) is -5.33. The number of carbonyl (C=O) groups is 3. The van der Waals surface area contributed by atoms with Gasteiger partial charge in [-0.3, -0.25) is 15.0 Å². The first-order chi connectivity index (χ1) is 18.0. The molecule has 0 saturated carbocycles. The molecule has 0 unspecified atom stereocenters. The van der Waals surface area contributed by atoms with Crippen molar-refractivity contribution >= 4 is 23.5 Å². The van der Waals surface area contributed by atoms with Crippen LogP contribution in [0.25, 0.3) is 0 Å². The fourth-order valence-corrected chi connectivity index (χ4v) is 3.18. The van der Waals surface area contributed by atoms with E-state index in [1.54, 1.807) is 18.2 Å². The van der Waals surface area contributed by atoms with Crippen LogP contribution in [0, 0.1) is 5.41 Å². The van der Waals surface area contributed by atoms with E-state index in [0.717, 1.165) is 12.1 Å². The summed E-state index contributed by atoms with van der Waals surface area (Å²) in [4.78, 5) is 37.0. The van der Waals surface area contributed by atoms with E-state index in [1.165, 1.54) is 43.5 Å². The van der Waals surface area contributed by atoms with Gasteiger partial charge >= 0.3 is 12.1 Å². The normalized spacial score (nSPS) is 10.8. The van der Waals surface area contributed by atoms with Gasteiger partial charge in [0.25, 0.3) is 5.91 Å². The predicted octanol–water partition coefficient (Wildman–Crippen LogP) is 3.49. The van der Waals surface area contributed by atoms with Gasteiger partial charge in [-0.15, -0.1) is 0 Å². The largest absolute Gasteiger partial charge is 0.497 e. The maximum Gasteiger partial charge on any atom is 0.491 e. The van der Waals surface area contributed by atoms with Crippen molar-refractivity contribution < 1.29 is 41.8 Å². The number of hydrogen-bond donors (Lipinski definition) is 3. The Hall–Kier alpha value is -4.87. The number of nitrogens with two attached hydrogens (primary N) is 1. The summed E-state index contributed by atoms with van der Waals surface area (Å²) < 4.78 is 53.5. The Labute approximate surface area is 214 Å². The monoisotopic (exact) mass is 529 g/mol. The van der Waals surface area contributed by atoms with Crippen LogP contribution in [0.4, 0.5) is 13.2 Å². The molecule has 0 fully saturated rings. The number of methoxy groups -OCH3 is 1. The Bertz CT molecular complexity index is 1360. The summed E-state index contributed by atoms with van der Waals surface area (Å²) in [5, 5.41) is 9.89. The molecule has 0 saturated heterocycles. The van der Waals surface area contributed by atoms with Crippen molar-refractivity contribution in [2.24, 2.45) is 5.73 Å². The van der Waals surface area contributed by atoms with Crippen molar-refractivity contribution in [3.8, 4) is 17.2 Å². The van der Waals surface area contributed by atoms with Gasteiger partial charge in [-0.1, -0.05) is 12.1 Å². The summed E-state index contributed by atoms with van der Waals surface area (Å²) in [6.45, 7) is -0.0961. The van der Waals surface area contributed by atoms with E-state index in [0.29, 0.717) is 17.1 Å². The van der Waals surface area contributed by atoms with Crippen molar-refractivity contribution in [1.29, 1.82) is 5.41 Å². The fourth-order valence-electron chi connectivity index (χ4n) is 3.18. The van der Waals surface area contributed by atoms with Crippen LogP contribution in [-0.4, -0.2) is 49.9 Å². The summed E-state index contributed by atoms with van der Waals surface area (Å²) in [5.41, 5.74) is 5.56. The van der Waals surface area contributed by atoms with Crippen LogP contribution in [0.2, 0.25) is 0 Å². The molecule has 198 valence electrons. The SMILES string of the molecule is COc1ccc(C(=O)c2ccc(C(=O)NCCOc3cccc(C(=N)N)c3)c(OC(=O)C(F)(F)F)c2)cc1. The molecule has 1 amide bonds. The maximum absolute atomic E-state index is 12.9. The molecule has 0 aromatic heterocycles. The molecule has 9 nitrogen and oxygen atoms in total. The smallest absolute Gasteiger partial charge is 0.491 e. The zero-order chi connectivity index (χ0) is 27.9. The molecular weight excluding hydrogens is 507 g/mol. The number of rotatable bonds is 10. The minimum absolute atomic E-state index is 0.0290. The van der Waals surface area contributed by atoms with E-state index < -0.39 is 35.1 Å². The van der Waals surface area contributed by atoms with E-state index in [4.69, 9.17) is 20.6 Å². The highest BCUT2D eigenvalue weighted by atomic mass is 19.4. The molecule has 0 aliphatic carbocycles. The van der Waals surface area contributed by atoms with Gasteiger partial charge in [-0.2, -0.15) is 13.2 Å². The molecule has 0 bridgehead atoms. The number of amidine groups is 1. The minimum atomic E-state index is -5.33. The molecule has 3 aromatic carbocycles. The standard InChI is InChI=1S/C26H22F3N3O6/c1-36-18-8-5-15(6-9-18)22(33)16-7-10-20(21(14-16)38-25(35)26(27,28)29)24(34)32-11-12-37-19-4-2-3-17(13-19)23(30)31/h2-10,13-14H,11-12H2,1H3,(H3,30,31)(H,32,34). The third-order valence-corrected chi connectivity index (χ3v) is 5.08. The number of hydrogen-bond acceptors (Lipinski definition) is 7. The third kappa shape index (κ3) is 7.09. The number of nitrogen functional groups attached to an aromatic ring is 1. The van der Waals surface area contributed by atoms with Crippen LogP contribution in [-0.2, 0) is 4.79 Å². The first kappa shape index (κ1) is 27.7. The highest BCUT2D eigenvalue weighted by molar-refractivity contribution is 6.10. The summed E-state index contributed by atoms with van der Waals surface area (Å²) >= 11 is 0. The number of carbonyl (C=O) groups excluding carboxylic acids is 3. The van der Waals surface area contributed by atoms with Crippen LogP contribution in [0.1, 0.15) is 31.8 Å². The molecule has 3 rings (SSSR count). The number of esters is 1. The fraction of sp³-hybridized carbons (Fsp3) is 0.154. The van der Waals surface area contributed by atoms with Crippen molar-refractivity contribution in [3.63, 3.8) is 0 Å². The Balaban J connectivity index is 1.76. The van der Waals surface area contributed by atoms with Crippen molar-refractivity contribution in [1.82, 2.24) is 5.32 Å². The van der Waals surface area contributed by atoms with Gasteiger partial charge in [0.1, 0.15) is 29.7 Å². The molecule has 0 heterocycles. The lowest BCUT2D eigenvalue weighted by Gasteiger charge is -2.14. The lowest BCUT2D eigenvalue weighted by molar-refractivity contribution is -0.189. The van der Waals surface area contributed by atoms with E-state index in [1.807, 2.05) is 0 Å². The average molecular weight is 529 g/mol. The molecule has 0 aliphatic heterocycles. The Morgan fingerprint density at radius 1 is 0.921 bits per heavy atom. The molecule has 38 heavy (non-hydrogen) atoms. The molecule has 0 aliphatic rings. The number of halogens is 3. The number of ketones is 1. The summed E-state index contributed by atoms with van der Waals surface area (Å²) in [6, 6.07) is 15.6. The number of amides is 1. The van der Waals surface area contributed by atoms with E-state index in [2.05, 4.69) is 10.1 Å². The molecule has 0 spiro atoms. The van der Waals surface area contributed by atoms with Gasteiger partial charge in [0.15, 0.2) is 5.78 Å². The van der Waals surface area contributed by atoms with Gasteiger partial charge in [-0.05, 0) is 54.6 Å². The second kappa shape index (κ2) is 11.9. The molecule has 4 N–H and O–H groups in total. The third-order valence-electron chi connectivity index (χ3n) is 5.08. The average Bonchev–Trinajstić information content (AvgIpc) is 2.90. The molecule has 3 aromatic rings. The van der Waals surface area contributed by atoms with Crippen LogP contribution < -0.4 is 25.3 Å². The molecular formula is C26H22F3N3O6. The van der Waals surface area contributed by atoms with Crippen molar-refractivity contribution in [2.75, 3.05) is 20.3 Å². The van der Waals surface area contributed by atoms with Crippen molar-refractivity contribution in [3.05, 3.63) is 89.0 Å². The lowest BCUT2D eigenvalue weighted by atomic mass is 10.0. The quantitative estimate of drug-likeness (QED) is 0.0912. The van der Waals surface area contributed by atoms with Crippen LogP contribution in [0.3, 0.4) is 0 Å². The molecule has 0 radical (unpaired) electrons. The topological polar surface area (TPSA) is 141 Å². The summed E-state index contributed by atoms with van der Waals surface area (Å²) in [5.74, 6) is -4.01. The number of benzene rings is 3. The van der Waals surface area contributed by atoms with Gasteiger partial charge < -0.3 is 25.3 Å². The minimum Gasteiger partial charge on any atom is -0.497 e. The first-order valence-corrected chi connectivity index (χ1v) is 11.0. The maximum atomic E-state index is 12.9. The Kier molecular flexibility index (Phi) is 8.69. The van der Waals surface area contributed by atoms with Crippen LogP contribution >= 0.6 is 0 Å². The number of ether oxygens (including phenoxy) is 3. The highest BCUT2D eigenvalue weighted by Gasteiger charge is 2.42. The van der Waals surface area contributed by atoms with E-state index in [9.17, 15) is 27.6 Å². The Morgan fingerprint density at radius 3 is 2.24 bits per heavy atom. The van der Waals surface area contributed by atoms with E-state index >= 15 is 0 Å². The number of nitrogens with one attached hydrogen (secondary N) is 2. The van der Waals surface area contributed by atoms with E-state index in [-0.39, 0.29) is 30.1 Å². The van der Waals surface area contributed by atoms with Gasteiger partial charge in [0.2, 0.25) is 0 Å². The van der Waals surface area contributed by atoms with Crippen LogP contribution in [0.15, 0.2) is 66.7 Å². The van der Waals surface area contributed by atoms with Gasteiger partial charge in [0.05, 0.1) is 19.2 Å².